The van der Waals surface area contributed by atoms with Crippen LogP contribution in [0.5, 0.6) is 0 Å². The second-order valence-electron chi connectivity index (χ2n) is 3.43. The number of halogens is 5. The highest BCUT2D eigenvalue weighted by atomic mass is 19.4. The van der Waals surface area contributed by atoms with E-state index in [0.29, 0.717) is 12.8 Å². The quantitative estimate of drug-likeness (QED) is 0.700. The van der Waals surface area contributed by atoms with Gasteiger partial charge in [0.2, 0.25) is 0 Å². The van der Waals surface area contributed by atoms with Crippen molar-refractivity contribution in [2.24, 2.45) is 0 Å². The average molecular weight is 204 g/mol. The van der Waals surface area contributed by atoms with Gasteiger partial charge < -0.3 is 5.11 Å². The number of aliphatic hydroxyl groups is 1. The SMILES string of the molecule is OC1(CCC(F)(F)C(F)(F)F)CC1. The van der Waals surface area contributed by atoms with Gasteiger partial charge in [0.1, 0.15) is 0 Å². The molecule has 6 heteroatoms. The lowest BCUT2D eigenvalue weighted by Gasteiger charge is -2.20. The van der Waals surface area contributed by atoms with Gasteiger partial charge in [0.05, 0.1) is 5.60 Å². The third kappa shape index (κ3) is 2.52. The van der Waals surface area contributed by atoms with E-state index in [9.17, 15) is 22.0 Å². The molecule has 13 heavy (non-hydrogen) atoms. The molecule has 1 saturated carbocycles. The van der Waals surface area contributed by atoms with E-state index in [1.54, 1.807) is 0 Å². The average Bonchev–Trinajstić information content (AvgIpc) is 2.63. The lowest BCUT2D eigenvalue weighted by atomic mass is 10.1. The minimum atomic E-state index is -5.50. The van der Waals surface area contributed by atoms with Crippen LogP contribution in [0.4, 0.5) is 22.0 Å². The van der Waals surface area contributed by atoms with Gasteiger partial charge in [-0.1, -0.05) is 0 Å². The number of rotatable bonds is 3. The zero-order valence-electron chi connectivity index (χ0n) is 6.67. The molecule has 1 aliphatic rings. The van der Waals surface area contributed by atoms with Crippen molar-refractivity contribution >= 4 is 0 Å². The van der Waals surface area contributed by atoms with E-state index in [4.69, 9.17) is 5.11 Å². The maximum absolute atomic E-state index is 12.3. The van der Waals surface area contributed by atoms with E-state index in [1.807, 2.05) is 0 Å². The minimum absolute atomic E-state index is 0.320. The van der Waals surface area contributed by atoms with E-state index in [2.05, 4.69) is 0 Å². The van der Waals surface area contributed by atoms with E-state index in [1.165, 1.54) is 0 Å². The van der Waals surface area contributed by atoms with Crippen LogP contribution in [0.2, 0.25) is 0 Å². The van der Waals surface area contributed by atoms with Gasteiger partial charge in [-0.2, -0.15) is 22.0 Å². The molecule has 0 aliphatic heterocycles. The molecule has 0 bridgehead atoms. The van der Waals surface area contributed by atoms with Gasteiger partial charge in [-0.25, -0.2) is 0 Å². The Bertz CT molecular complexity index is 194. The van der Waals surface area contributed by atoms with Crippen molar-refractivity contribution in [3.63, 3.8) is 0 Å². The summed E-state index contributed by atoms with van der Waals surface area (Å²) in [4.78, 5) is 0. The Kier molecular flexibility index (Phi) is 2.30. The smallest absolute Gasteiger partial charge is 0.390 e. The first-order valence-electron chi connectivity index (χ1n) is 3.83. The first-order chi connectivity index (χ1) is 5.66. The van der Waals surface area contributed by atoms with Gasteiger partial charge >= 0.3 is 12.1 Å². The zero-order chi connectivity index (χ0) is 10.3. The molecule has 78 valence electrons. The van der Waals surface area contributed by atoms with Crippen molar-refractivity contribution in [2.45, 2.75) is 43.4 Å². The summed E-state index contributed by atoms with van der Waals surface area (Å²) in [5.41, 5.74) is -1.26. The van der Waals surface area contributed by atoms with Crippen LogP contribution in [-0.4, -0.2) is 22.8 Å². The summed E-state index contributed by atoms with van der Waals surface area (Å²) in [5.74, 6) is -4.68. The molecule has 0 aromatic rings. The topological polar surface area (TPSA) is 20.2 Å². The molecule has 0 aromatic carbocycles. The van der Waals surface area contributed by atoms with Crippen LogP contribution in [0.1, 0.15) is 25.7 Å². The molecule has 1 rings (SSSR count). The molecule has 1 nitrogen and oxygen atoms in total. The van der Waals surface area contributed by atoms with Gasteiger partial charge in [0.15, 0.2) is 0 Å². The van der Waals surface area contributed by atoms with Crippen LogP contribution < -0.4 is 0 Å². The van der Waals surface area contributed by atoms with Crippen LogP contribution in [0, 0.1) is 0 Å². The van der Waals surface area contributed by atoms with Gasteiger partial charge in [-0.05, 0) is 19.3 Å². The zero-order valence-corrected chi connectivity index (χ0v) is 6.67. The Labute approximate surface area is 71.5 Å². The summed E-state index contributed by atoms with van der Waals surface area (Å²) >= 11 is 0. The molecule has 0 saturated heterocycles. The summed E-state index contributed by atoms with van der Waals surface area (Å²) in [6.45, 7) is 0. The molecule has 1 aliphatic carbocycles. The summed E-state index contributed by atoms with van der Waals surface area (Å²) in [7, 11) is 0. The van der Waals surface area contributed by atoms with Crippen molar-refractivity contribution in [1.82, 2.24) is 0 Å². The lowest BCUT2D eigenvalue weighted by molar-refractivity contribution is -0.285. The van der Waals surface area contributed by atoms with E-state index >= 15 is 0 Å². The summed E-state index contributed by atoms with van der Waals surface area (Å²) in [6.07, 6.45) is -6.67. The number of hydrogen-bond acceptors (Lipinski definition) is 1. The molecule has 1 fully saturated rings. The van der Waals surface area contributed by atoms with Gasteiger partial charge in [-0.3, -0.25) is 0 Å². The minimum Gasteiger partial charge on any atom is -0.390 e. The predicted octanol–water partition coefficient (Wildman–Crippen LogP) is 2.49. The fourth-order valence-corrected chi connectivity index (χ4v) is 0.926. The first kappa shape index (κ1) is 10.7. The Morgan fingerprint density at radius 3 is 1.85 bits per heavy atom. The summed E-state index contributed by atoms with van der Waals surface area (Å²) in [6, 6.07) is 0. The Morgan fingerprint density at radius 2 is 1.54 bits per heavy atom. The van der Waals surface area contributed by atoms with Crippen LogP contribution in [0.15, 0.2) is 0 Å². The molecular weight excluding hydrogens is 195 g/mol. The van der Waals surface area contributed by atoms with Gasteiger partial charge in [-0.15, -0.1) is 0 Å². The highest BCUT2D eigenvalue weighted by Gasteiger charge is 2.58. The molecule has 0 atom stereocenters. The number of hydrogen-bond donors (Lipinski definition) is 1. The van der Waals surface area contributed by atoms with E-state index in [-0.39, 0.29) is 0 Å². The maximum Gasteiger partial charge on any atom is 0.453 e. The second-order valence-corrected chi connectivity index (χ2v) is 3.43. The lowest BCUT2D eigenvalue weighted by Crippen LogP contribution is -2.37. The molecule has 0 spiro atoms. The number of alkyl halides is 5. The molecule has 0 amide bonds. The molecule has 0 unspecified atom stereocenters. The van der Waals surface area contributed by atoms with E-state index < -0.39 is 30.5 Å². The van der Waals surface area contributed by atoms with Crippen LogP contribution in [0.3, 0.4) is 0 Å². The molecule has 0 radical (unpaired) electrons. The fraction of sp³-hybridized carbons (Fsp3) is 1.00. The molecule has 0 aromatic heterocycles. The van der Waals surface area contributed by atoms with Crippen molar-refractivity contribution in [2.75, 3.05) is 0 Å². The van der Waals surface area contributed by atoms with Crippen LogP contribution in [-0.2, 0) is 0 Å². The standard InChI is InChI=1S/C7H9F5O/c8-6(9,7(10,11)12)4-3-5(13)1-2-5/h13H,1-4H2. The highest BCUT2D eigenvalue weighted by molar-refractivity contribution is 4.95. The van der Waals surface area contributed by atoms with Crippen LogP contribution >= 0.6 is 0 Å². The van der Waals surface area contributed by atoms with E-state index in [0.717, 1.165) is 0 Å². The summed E-state index contributed by atoms with van der Waals surface area (Å²) < 4.78 is 59.3. The molecule has 1 N–H and O–H groups in total. The van der Waals surface area contributed by atoms with Gasteiger partial charge in [0.25, 0.3) is 0 Å². The van der Waals surface area contributed by atoms with Crippen molar-refractivity contribution in [1.29, 1.82) is 0 Å². The Hall–Kier alpha value is -0.390. The second kappa shape index (κ2) is 2.80. The fourth-order valence-electron chi connectivity index (χ4n) is 0.926. The molecule has 0 heterocycles. The third-order valence-electron chi connectivity index (χ3n) is 2.15. The first-order valence-corrected chi connectivity index (χ1v) is 3.83. The maximum atomic E-state index is 12.3. The van der Waals surface area contributed by atoms with Crippen molar-refractivity contribution in [3.05, 3.63) is 0 Å². The Balaban J connectivity index is 2.42. The highest BCUT2D eigenvalue weighted by Crippen LogP contribution is 2.45. The third-order valence-corrected chi connectivity index (χ3v) is 2.15. The van der Waals surface area contributed by atoms with Crippen molar-refractivity contribution < 1.29 is 27.1 Å². The normalized spacial score (nSPS) is 21.7. The Morgan fingerprint density at radius 1 is 1.08 bits per heavy atom. The largest absolute Gasteiger partial charge is 0.453 e. The predicted molar refractivity (Wildman–Crippen MR) is 34.4 cm³/mol. The summed E-state index contributed by atoms with van der Waals surface area (Å²) in [5, 5.41) is 9.06. The van der Waals surface area contributed by atoms with Crippen molar-refractivity contribution in [3.8, 4) is 0 Å². The van der Waals surface area contributed by atoms with Gasteiger partial charge in [0, 0.05) is 6.42 Å². The molecular formula is C7H9F5O. The van der Waals surface area contributed by atoms with Crippen LogP contribution in [0.25, 0.3) is 0 Å². The monoisotopic (exact) mass is 204 g/mol.